The highest BCUT2D eigenvalue weighted by molar-refractivity contribution is 5.99. The first kappa shape index (κ1) is 24.9. The van der Waals surface area contributed by atoms with Gasteiger partial charge >= 0.3 is 0 Å². The van der Waals surface area contributed by atoms with Gasteiger partial charge in [0.05, 0.1) is 19.4 Å². The molecule has 0 bridgehead atoms. The number of para-hydroxylation sites is 2. The molecule has 1 heterocycles. The number of nitrogens with zero attached hydrogens (tertiary/aromatic N) is 1. The molecule has 0 radical (unpaired) electrons. The SMILES string of the molecule is COc1ccccc1OCC(=O)Nc1ccc2c(c1)N(CCCCOc1ccc(C)cc1)C(=O)CO2. The van der Waals surface area contributed by atoms with E-state index in [-0.39, 0.29) is 25.0 Å². The van der Waals surface area contributed by atoms with E-state index in [1.807, 2.05) is 37.3 Å². The van der Waals surface area contributed by atoms with Crippen molar-refractivity contribution >= 4 is 23.2 Å². The number of hydrogen-bond donors (Lipinski definition) is 1. The number of benzene rings is 3. The van der Waals surface area contributed by atoms with Crippen LogP contribution in [0, 0.1) is 6.92 Å². The molecule has 0 saturated heterocycles. The Bertz CT molecular complexity index is 1190. The third-order valence-corrected chi connectivity index (χ3v) is 5.68. The second-order valence-electron chi connectivity index (χ2n) is 8.37. The van der Waals surface area contributed by atoms with E-state index >= 15 is 0 Å². The van der Waals surface area contributed by atoms with Gasteiger partial charge in [0.2, 0.25) is 0 Å². The van der Waals surface area contributed by atoms with Gasteiger partial charge in [-0.3, -0.25) is 9.59 Å². The van der Waals surface area contributed by atoms with Crippen LogP contribution in [0.3, 0.4) is 0 Å². The highest BCUT2D eigenvalue weighted by atomic mass is 16.5. The van der Waals surface area contributed by atoms with Gasteiger partial charge in [-0.1, -0.05) is 29.8 Å². The van der Waals surface area contributed by atoms with Gasteiger partial charge in [-0.2, -0.15) is 0 Å². The Labute approximate surface area is 210 Å². The van der Waals surface area contributed by atoms with Crippen molar-refractivity contribution in [2.45, 2.75) is 19.8 Å². The summed E-state index contributed by atoms with van der Waals surface area (Å²) in [5, 5.41) is 2.82. The fourth-order valence-corrected chi connectivity index (χ4v) is 3.80. The zero-order valence-electron chi connectivity index (χ0n) is 20.5. The van der Waals surface area contributed by atoms with E-state index in [9.17, 15) is 9.59 Å². The molecule has 0 saturated carbocycles. The second kappa shape index (κ2) is 12.0. The molecule has 1 aliphatic rings. The second-order valence-corrected chi connectivity index (χ2v) is 8.37. The molecular weight excluding hydrogens is 460 g/mol. The summed E-state index contributed by atoms with van der Waals surface area (Å²) in [5.41, 5.74) is 2.37. The summed E-state index contributed by atoms with van der Waals surface area (Å²) in [7, 11) is 1.54. The standard InChI is InChI=1S/C28H30N2O6/c1-20-9-12-22(13-10-20)34-16-6-5-15-30-23-17-21(11-14-24(23)36-19-28(30)32)29-27(31)18-35-26-8-4-3-7-25(26)33-2/h3-4,7-14,17H,5-6,15-16,18-19H2,1-2H3,(H,29,31). The largest absolute Gasteiger partial charge is 0.494 e. The van der Waals surface area contributed by atoms with Crippen LogP contribution in [0.25, 0.3) is 0 Å². The molecule has 3 aromatic rings. The summed E-state index contributed by atoms with van der Waals surface area (Å²) in [6.45, 7) is 2.94. The number of fused-ring (bicyclic) bond motifs is 1. The van der Waals surface area contributed by atoms with Crippen molar-refractivity contribution in [2.24, 2.45) is 0 Å². The average molecular weight is 491 g/mol. The van der Waals surface area contributed by atoms with Crippen molar-refractivity contribution in [3.63, 3.8) is 0 Å². The Hall–Kier alpha value is -4.20. The van der Waals surface area contributed by atoms with Gasteiger partial charge in [-0.25, -0.2) is 0 Å². The van der Waals surface area contributed by atoms with Crippen LogP contribution in [0.2, 0.25) is 0 Å². The van der Waals surface area contributed by atoms with Crippen molar-refractivity contribution < 1.29 is 28.5 Å². The minimum atomic E-state index is -0.330. The fraction of sp³-hybridized carbons (Fsp3) is 0.286. The molecule has 188 valence electrons. The van der Waals surface area contributed by atoms with Crippen LogP contribution in [0.1, 0.15) is 18.4 Å². The number of carbonyl (C=O) groups is 2. The summed E-state index contributed by atoms with van der Waals surface area (Å²) < 4.78 is 22.2. The molecule has 0 fully saturated rings. The zero-order chi connectivity index (χ0) is 25.3. The number of aryl methyl sites for hydroxylation is 1. The van der Waals surface area contributed by atoms with Gasteiger partial charge in [-0.05, 0) is 62.2 Å². The van der Waals surface area contributed by atoms with E-state index in [2.05, 4.69) is 5.32 Å². The third kappa shape index (κ3) is 6.47. The van der Waals surface area contributed by atoms with Crippen molar-refractivity contribution in [3.8, 4) is 23.0 Å². The predicted molar refractivity (Wildman–Crippen MR) is 137 cm³/mol. The molecule has 1 aliphatic heterocycles. The van der Waals surface area contributed by atoms with E-state index in [0.717, 1.165) is 18.6 Å². The van der Waals surface area contributed by atoms with Crippen LogP contribution in [-0.2, 0) is 9.59 Å². The minimum absolute atomic E-state index is 0.00861. The lowest BCUT2D eigenvalue weighted by molar-refractivity contribution is -0.121. The summed E-state index contributed by atoms with van der Waals surface area (Å²) in [4.78, 5) is 26.8. The van der Waals surface area contributed by atoms with Crippen LogP contribution >= 0.6 is 0 Å². The lowest BCUT2D eigenvalue weighted by Crippen LogP contribution is -2.39. The van der Waals surface area contributed by atoms with Crippen molar-refractivity contribution in [3.05, 3.63) is 72.3 Å². The van der Waals surface area contributed by atoms with Gasteiger partial charge in [0.1, 0.15) is 11.5 Å². The first-order valence-electron chi connectivity index (χ1n) is 11.9. The molecule has 0 aromatic heterocycles. The highest BCUT2D eigenvalue weighted by Gasteiger charge is 2.25. The topological polar surface area (TPSA) is 86.3 Å². The molecule has 36 heavy (non-hydrogen) atoms. The van der Waals surface area contributed by atoms with E-state index in [1.54, 1.807) is 48.4 Å². The molecule has 1 N–H and O–H groups in total. The van der Waals surface area contributed by atoms with Crippen molar-refractivity contribution in [1.29, 1.82) is 0 Å². The Morgan fingerprint density at radius 3 is 2.56 bits per heavy atom. The smallest absolute Gasteiger partial charge is 0.265 e. The molecular formula is C28H30N2O6. The summed E-state index contributed by atoms with van der Waals surface area (Å²) in [6.07, 6.45) is 1.56. The first-order chi connectivity index (χ1) is 17.5. The van der Waals surface area contributed by atoms with Crippen LogP contribution < -0.4 is 29.2 Å². The Morgan fingerprint density at radius 1 is 1.00 bits per heavy atom. The number of rotatable bonds is 11. The lowest BCUT2D eigenvalue weighted by atomic mass is 10.2. The Morgan fingerprint density at radius 2 is 1.78 bits per heavy atom. The Balaban J connectivity index is 1.31. The van der Waals surface area contributed by atoms with E-state index in [1.165, 1.54) is 5.56 Å². The fourth-order valence-electron chi connectivity index (χ4n) is 3.80. The average Bonchev–Trinajstić information content (AvgIpc) is 2.89. The van der Waals surface area contributed by atoms with Crippen LogP contribution in [0.4, 0.5) is 11.4 Å². The number of anilines is 2. The molecule has 0 atom stereocenters. The van der Waals surface area contributed by atoms with Gasteiger partial charge in [0.25, 0.3) is 11.8 Å². The number of nitrogens with one attached hydrogen (secondary N) is 1. The lowest BCUT2D eigenvalue weighted by Gasteiger charge is -2.30. The zero-order valence-corrected chi connectivity index (χ0v) is 20.5. The van der Waals surface area contributed by atoms with E-state index < -0.39 is 0 Å². The van der Waals surface area contributed by atoms with Gasteiger partial charge in [0, 0.05) is 12.2 Å². The Kier molecular flexibility index (Phi) is 8.28. The van der Waals surface area contributed by atoms with Crippen molar-refractivity contribution in [1.82, 2.24) is 0 Å². The summed E-state index contributed by atoms with van der Waals surface area (Å²) >= 11 is 0. The maximum atomic E-state index is 12.6. The van der Waals surface area contributed by atoms with E-state index in [0.29, 0.717) is 41.8 Å². The van der Waals surface area contributed by atoms with Gasteiger partial charge in [0.15, 0.2) is 24.7 Å². The maximum Gasteiger partial charge on any atom is 0.265 e. The third-order valence-electron chi connectivity index (χ3n) is 5.68. The van der Waals surface area contributed by atoms with Crippen LogP contribution in [-0.4, -0.2) is 45.3 Å². The van der Waals surface area contributed by atoms with Crippen LogP contribution in [0.5, 0.6) is 23.0 Å². The van der Waals surface area contributed by atoms with Crippen molar-refractivity contribution in [2.75, 3.05) is 43.7 Å². The maximum absolute atomic E-state index is 12.6. The number of amides is 2. The number of ether oxygens (including phenoxy) is 4. The minimum Gasteiger partial charge on any atom is -0.494 e. The molecule has 8 nitrogen and oxygen atoms in total. The number of hydrogen-bond acceptors (Lipinski definition) is 6. The normalized spacial score (nSPS) is 12.4. The molecule has 2 amide bonds. The number of carbonyl (C=O) groups excluding carboxylic acids is 2. The molecule has 8 heteroatoms. The van der Waals surface area contributed by atoms with Crippen LogP contribution in [0.15, 0.2) is 66.7 Å². The number of unbranched alkanes of at least 4 members (excludes halogenated alkanes) is 1. The molecule has 0 unspecified atom stereocenters. The molecule has 3 aromatic carbocycles. The summed E-state index contributed by atoms with van der Waals surface area (Å²) in [6, 6.07) is 20.3. The quantitative estimate of drug-likeness (QED) is 0.395. The molecule has 4 rings (SSSR count). The van der Waals surface area contributed by atoms with E-state index in [4.69, 9.17) is 18.9 Å². The summed E-state index contributed by atoms with van der Waals surface area (Å²) in [5.74, 6) is 2.03. The predicted octanol–water partition coefficient (Wildman–Crippen LogP) is 4.61. The van der Waals surface area contributed by atoms with Gasteiger partial charge < -0.3 is 29.2 Å². The molecule has 0 aliphatic carbocycles. The first-order valence-corrected chi connectivity index (χ1v) is 11.9. The molecule has 0 spiro atoms. The van der Waals surface area contributed by atoms with Gasteiger partial charge in [-0.15, -0.1) is 0 Å². The number of methoxy groups -OCH3 is 1. The highest BCUT2D eigenvalue weighted by Crippen LogP contribution is 2.35. The monoisotopic (exact) mass is 490 g/mol.